The number of anilines is 1. The van der Waals surface area contributed by atoms with Gasteiger partial charge in [0.1, 0.15) is 5.57 Å². The number of nitrogens with one attached hydrogen (secondary N) is 1. The molecule has 0 aliphatic heterocycles. The van der Waals surface area contributed by atoms with E-state index in [9.17, 15) is 9.59 Å². The minimum Gasteiger partial charge on any atom is -0.481 e. The number of carbonyl (C=O) groups is 2. The summed E-state index contributed by atoms with van der Waals surface area (Å²) in [5.74, 6) is -1.34. The number of carboxylic acid groups (broad SMARTS) is 1. The van der Waals surface area contributed by atoms with Gasteiger partial charge in [0.2, 0.25) is 5.88 Å². The third-order valence-electron chi connectivity index (χ3n) is 1.94. The van der Waals surface area contributed by atoms with Crippen LogP contribution in [0.1, 0.15) is 6.92 Å². The van der Waals surface area contributed by atoms with Crippen molar-refractivity contribution in [3.8, 4) is 5.88 Å². The Kier molecular flexibility index (Phi) is 4.21. The van der Waals surface area contributed by atoms with Crippen LogP contribution in [0.2, 0.25) is 0 Å². The SMILES string of the molecule is COc1ccc(NC=C(C(C)=O)C(=O)O)cn1. The van der Waals surface area contributed by atoms with Crippen molar-refractivity contribution in [2.24, 2.45) is 0 Å². The van der Waals surface area contributed by atoms with E-state index < -0.39 is 11.8 Å². The van der Waals surface area contributed by atoms with Crippen molar-refractivity contribution in [1.82, 2.24) is 4.98 Å². The first-order valence-electron chi connectivity index (χ1n) is 4.75. The highest BCUT2D eigenvalue weighted by Gasteiger charge is 2.11. The molecule has 1 heterocycles. The summed E-state index contributed by atoms with van der Waals surface area (Å²) in [4.78, 5) is 25.6. The molecular formula is C11H12N2O4. The zero-order valence-corrected chi connectivity index (χ0v) is 9.43. The maximum absolute atomic E-state index is 11.0. The second kappa shape index (κ2) is 5.64. The van der Waals surface area contributed by atoms with E-state index in [1.807, 2.05) is 0 Å². The average molecular weight is 236 g/mol. The summed E-state index contributed by atoms with van der Waals surface area (Å²) in [5.41, 5.74) is 0.242. The lowest BCUT2D eigenvalue weighted by Crippen LogP contribution is -2.10. The average Bonchev–Trinajstić information content (AvgIpc) is 2.29. The highest BCUT2D eigenvalue weighted by atomic mass is 16.5. The van der Waals surface area contributed by atoms with E-state index in [0.29, 0.717) is 11.6 Å². The third-order valence-corrected chi connectivity index (χ3v) is 1.94. The summed E-state index contributed by atoms with van der Waals surface area (Å²) in [6, 6.07) is 3.27. The Morgan fingerprint density at radius 1 is 1.47 bits per heavy atom. The molecule has 0 aromatic carbocycles. The number of aliphatic carboxylic acids is 1. The number of Topliss-reactive ketones (excluding diaryl/α,β-unsaturated/α-hetero) is 1. The fourth-order valence-electron chi connectivity index (χ4n) is 1.06. The fourth-order valence-corrected chi connectivity index (χ4v) is 1.06. The molecule has 0 unspecified atom stereocenters. The van der Waals surface area contributed by atoms with Crippen molar-refractivity contribution >= 4 is 17.4 Å². The number of aromatic nitrogens is 1. The van der Waals surface area contributed by atoms with Gasteiger partial charge >= 0.3 is 5.97 Å². The molecule has 0 saturated heterocycles. The van der Waals surface area contributed by atoms with Gasteiger partial charge in [0.05, 0.1) is 19.0 Å². The minimum absolute atomic E-state index is 0.319. The van der Waals surface area contributed by atoms with Gasteiger partial charge in [0.25, 0.3) is 0 Å². The molecular weight excluding hydrogens is 224 g/mol. The lowest BCUT2D eigenvalue weighted by atomic mass is 10.2. The van der Waals surface area contributed by atoms with E-state index in [1.54, 1.807) is 12.1 Å². The molecule has 1 aromatic heterocycles. The first-order chi connectivity index (χ1) is 8.04. The maximum atomic E-state index is 11.0. The molecule has 0 atom stereocenters. The normalized spacial score (nSPS) is 10.8. The van der Waals surface area contributed by atoms with Crippen LogP contribution in [0.5, 0.6) is 5.88 Å². The second-order valence-electron chi connectivity index (χ2n) is 3.15. The number of methoxy groups -OCH3 is 1. The van der Waals surface area contributed by atoms with Gasteiger partial charge in [-0.2, -0.15) is 0 Å². The Bertz CT molecular complexity index is 435. The van der Waals surface area contributed by atoms with Crippen LogP contribution in [0, 0.1) is 0 Å². The van der Waals surface area contributed by atoms with Crippen LogP contribution in [-0.2, 0) is 9.59 Å². The molecule has 0 radical (unpaired) electrons. The number of ether oxygens (including phenoxy) is 1. The molecule has 1 aromatic rings. The van der Waals surface area contributed by atoms with Crippen LogP contribution in [0.25, 0.3) is 0 Å². The van der Waals surface area contributed by atoms with Crippen LogP contribution in [0.3, 0.4) is 0 Å². The number of rotatable bonds is 5. The monoisotopic (exact) mass is 236 g/mol. The smallest absolute Gasteiger partial charge is 0.340 e. The van der Waals surface area contributed by atoms with Crippen molar-refractivity contribution in [3.05, 3.63) is 30.1 Å². The highest BCUT2D eigenvalue weighted by Crippen LogP contribution is 2.11. The summed E-state index contributed by atoms with van der Waals surface area (Å²) in [7, 11) is 1.49. The molecule has 0 aliphatic rings. The number of hydrogen-bond donors (Lipinski definition) is 2. The van der Waals surface area contributed by atoms with E-state index >= 15 is 0 Å². The number of pyridine rings is 1. The molecule has 0 fully saturated rings. The van der Waals surface area contributed by atoms with E-state index in [-0.39, 0.29) is 5.57 Å². The summed E-state index contributed by atoms with van der Waals surface area (Å²) >= 11 is 0. The van der Waals surface area contributed by atoms with Crippen LogP contribution in [0.4, 0.5) is 5.69 Å². The maximum Gasteiger partial charge on any atom is 0.340 e. The van der Waals surface area contributed by atoms with Gasteiger partial charge in [0.15, 0.2) is 5.78 Å². The van der Waals surface area contributed by atoms with Crippen LogP contribution < -0.4 is 10.1 Å². The topological polar surface area (TPSA) is 88.5 Å². The predicted octanol–water partition coefficient (Wildman–Crippen LogP) is 1.06. The van der Waals surface area contributed by atoms with Crippen LogP contribution in [0.15, 0.2) is 30.1 Å². The van der Waals surface area contributed by atoms with Gasteiger partial charge in [-0.05, 0) is 13.0 Å². The summed E-state index contributed by atoms with van der Waals surface area (Å²) in [5, 5.41) is 11.4. The number of nitrogens with zero attached hydrogens (tertiary/aromatic N) is 1. The molecule has 0 aliphatic carbocycles. The van der Waals surface area contributed by atoms with Gasteiger partial charge in [0, 0.05) is 12.3 Å². The number of carboxylic acids is 1. The van der Waals surface area contributed by atoms with Gasteiger partial charge < -0.3 is 15.2 Å². The molecule has 17 heavy (non-hydrogen) atoms. The van der Waals surface area contributed by atoms with Gasteiger partial charge in [-0.25, -0.2) is 9.78 Å². The Morgan fingerprint density at radius 3 is 2.59 bits per heavy atom. The van der Waals surface area contributed by atoms with E-state index in [4.69, 9.17) is 9.84 Å². The molecule has 90 valence electrons. The first-order valence-corrected chi connectivity index (χ1v) is 4.75. The lowest BCUT2D eigenvalue weighted by Gasteiger charge is -2.03. The first kappa shape index (κ1) is 12.7. The van der Waals surface area contributed by atoms with E-state index in [2.05, 4.69) is 10.3 Å². The summed E-state index contributed by atoms with van der Waals surface area (Å²) < 4.78 is 4.87. The molecule has 6 heteroatoms. The summed E-state index contributed by atoms with van der Waals surface area (Å²) in [6.07, 6.45) is 2.60. The predicted molar refractivity (Wildman–Crippen MR) is 60.8 cm³/mol. The Hall–Kier alpha value is -2.37. The van der Waals surface area contributed by atoms with Gasteiger partial charge in [-0.3, -0.25) is 4.79 Å². The highest BCUT2D eigenvalue weighted by molar-refractivity contribution is 6.15. The standard InChI is InChI=1S/C11H12N2O4/c1-7(14)9(11(15)16)6-12-8-3-4-10(17-2)13-5-8/h3-6,12H,1-2H3,(H,15,16). The van der Waals surface area contributed by atoms with Crippen LogP contribution in [-0.4, -0.2) is 29.0 Å². The molecule has 0 spiro atoms. The zero-order valence-electron chi connectivity index (χ0n) is 9.43. The Labute approximate surface area is 97.9 Å². The number of ketones is 1. The molecule has 6 nitrogen and oxygen atoms in total. The minimum atomic E-state index is -1.27. The van der Waals surface area contributed by atoms with E-state index in [1.165, 1.54) is 20.2 Å². The number of carbonyl (C=O) groups excluding carboxylic acids is 1. The lowest BCUT2D eigenvalue weighted by molar-refractivity contribution is -0.134. The van der Waals surface area contributed by atoms with Crippen LogP contribution >= 0.6 is 0 Å². The van der Waals surface area contributed by atoms with Crippen molar-refractivity contribution < 1.29 is 19.4 Å². The quantitative estimate of drug-likeness (QED) is 0.451. The fraction of sp³-hybridized carbons (Fsp3) is 0.182. The largest absolute Gasteiger partial charge is 0.481 e. The van der Waals surface area contributed by atoms with Gasteiger partial charge in [-0.1, -0.05) is 0 Å². The number of hydrogen-bond acceptors (Lipinski definition) is 5. The molecule has 2 N–H and O–H groups in total. The third kappa shape index (κ3) is 3.60. The zero-order chi connectivity index (χ0) is 12.8. The van der Waals surface area contributed by atoms with Crippen molar-refractivity contribution in [2.45, 2.75) is 6.92 Å². The Balaban J connectivity index is 2.80. The van der Waals surface area contributed by atoms with Gasteiger partial charge in [-0.15, -0.1) is 0 Å². The molecule has 1 rings (SSSR count). The second-order valence-corrected chi connectivity index (χ2v) is 3.15. The van der Waals surface area contributed by atoms with E-state index in [0.717, 1.165) is 6.20 Å². The summed E-state index contributed by atoms with van der Waals surface area (Å²) in [6.45, 7) is 1.19. The van der Waals surface area contributed by atoms with Crippen molar-refractivity contribution in [3.63, 3.8) is 0 Å². The molecule has 0 bridgehead atoms. The molecule has 0 amide bonds. The van der Waals surface area contributed by atoms with Crippen molar-refractivity contribution in [2.75, 3.05) is 12.4 Å². The van der Waals surface area contributed by atoms with Crippen molar-refractivity contribution in [1.29, 1.82) is 0 Å². The Morgan fingerprint density at radius 2 is 2.18 bits per heavy atom. The molecule has 0 saturated carbocycles.